The molecule has 1 rings (SSSR count). The first kappa shape index (κ1) is 14.8. The lowest BCUT2D eigenvalue weighted by atomic mass is 10.1. The smallest absolute Gasteiger partial charge is 0.151 e. The van der Waals surface area contributed by atoms with E-state index in [4.69, 9.17) is 0 Å². The Bertz CT molecular complexity index is 258. The fourth-order valence-corrected chi connectivity index (χ4v) is 1.35. The van der Waals surface area contributed by atoms with Crippen LogP contribution in [0.3, 0.4) is 0 Å². The quantitative estimate of drug-likeness (QED) is 0.779. The number of carbonyl (C=O) groups excluding carboxylic acids is 1. The van der Waals surface area contributed by atoms with Gasteiger partial charge in [0.05, 0.1) is 0 Å². The number of hydrogen-bond donors (Lipinski definition) is 1. The summed E-state index contributed by atoms with van der Waals surface area (Å²) < 4.78 is 0. The molecule has 1 unspecified atom stereocenters. The molecule has 3 nitrogen and oxygen atoms in total. The summed E-state index contributed by atoms with van der Waals surface area (Å²) >= 11 is 0. The van der Waals surface area contributed by atoms with Crippen molar-refractivity contribution in [3.05, 3.63) is 30.1 Å². The van der Waals surface area contributed by atoms with Gasteiger partial charge in [-0.2, -0.15) is 0 Å². The highest BCUT2D eigenvalue weighted by molar-refractivity contribution is 5.73. The molecule has 0 aliphatic heterocycles. The average molecular weight is 222 g/mol. The Hall–Kier alpha value is -1.22. The summed E-state index contributed by atoms with van der Waals surface area (Å²) in [6.45, 7) is 4.44. The second-order valence-electron chi connectivity index (χ2n) is 3.59. The Balaban J connectivity index is 0.000000281. The van der Waals surface area contributed by atoms with Gasteiger partial charge < -0.3 is 5.32 Å². The largest absolute Gasteiger partial charge is 0.317 e. The summed E-state index contributed by atoms with van der Waals surface area (Å²) in [4.78, 5) is 13.7. The molecule has 0 saturated carbocycles. The van der Waals surface area contributed by atoms with Crippen molar-refractivity contribution in [3.8, 4) is 0 Å². The zero-order valence-corrected chi connectivity index (χ0v) is 10.4. The van der Waals surface area contributed by atoms with Crippen LogP contribution in [0.25, 0.3) is 0 Å². The summed E-state index contributed by atoms with van der Waals surface area (Å²) in [6.07, 6.45) is 7.78. The number of hydrogen-bond acceptors (Lipinski definition) is 3. The minimum atomic E-state index is 0.618. The van der Waals surface area contributed by atoms with E-state index in [1.807, 2.05) is 7.05 Å². The molecule has 0 spiro atoms. The maximum absolute atomic E-state index is 9.97. The van der Waals surface area contributed by atoms with Gasteiger partial charge in [-0.3, -0.25) is 9.78 Å². The Morgan fingerprint density at radius 3 is 2.50 bits per heavy atom. The highest BCUT2D eigenvalue weighted by Gasteiger charge is 1.97. The predicted molar refractivity (Wildman–Crippen MR) is 67.7 cm³/mol. The number of nitrogens with zero attached hydrogens (tertiary/aromatic N) is 1. The van der Waals surface area contributed by atoms with E-state index in [0.29, 0.717) is 5.56 Å². The summed E-state index contributed by atoms with van der Waals surface area (Å²) in [7, 11) is 2.03. The lowest BCUT2D eigenvalue weighted by Crippen LogP contribution is -2.23. The van der Waals surface area contributed by atoms with Crippen LogP contribution in [0.4, 0.5) is 0 Å². The molecule has 0 aromatic carbocycles. The van der Waals surface area contributed by atoms with Crippen LogP contribution < -0.4 is 5.32 Å². The van der Waals surface area contributed by atoms with E-state index in [9.17, 15) is 4.79 Å². The van der Waals surface area contributed by atoms with Gasteiger partial charge in [0, 0.05) is 24.0 Å². The first-order valence-electron chi connectivity index (χ1n) is 5.80. The monoisotopic (exact) mass is 222 g/mol. The van der Waals surface area contributed by atoms with Crippen molar-refractivity contribution in [1.29, 1.82) is 0 Å². The van der Waals surface area contributed by atoms with Crippen LogP contribution in [-0.4, -0.2) is 24.4 Å². The molecule has 0 radical (unpaired) electrons. The molecule has 0 saturated heterocycles. The van der Waals surface area contributed by atoms with Gasteiger partial charge in [-0.1, -0.05) is 20.3 Å². The second-order valence-corrected chi connectivity index (χ2v) is 3.59. The van der Waals surface area contributed by atoms with E-state index in [-0.39, 0.29) is 0 Å². The predicted octanol–water partition coefficient (Wildman–Crippen LogP) is 2.68. The van der Waals surface area contributed by atoms with Crippen molar-refractivity contribution >= 4 is 6.29 Å². The van der Waals surface area contributed by atoms with Crippen molar-refractivity contribution in [3.63, 3.8) is 0 Å². The van der Waals surface area contributed by atoms with E-state index in [1.165, 1.54) is 25.5 Å². The van der Waals surface area contributed by atoms with Crippen molar-refractivity contribution in [1.82, 2.24) is 10.3 Å². The third kappa shape index (κ3) is 7.12. The minimum Gasteiger partial charge on any atom is -0.317 e. The summed E-state index contributed by atoms with van der Waals surface area (Å²) in [5.41, 5.74) is 0.618. The zero-order valence-electron chi connectivity index (χ0n) is 10.4. The molecule has 0 amide bonds. The number of aldehydes is 1. The fourth-order valence-electron chi connectivity index (χ4n) is 1.35. The molecule has 0 aliphatic carbocycles. The number of pyridine rings is 1. The third-order valence-corrected chi connectivity index (χ3v) is 2.36. The summed E-state index contributed by atoms with van der Waals surface area (Å²) in [6, 6.07) is 4.18. The van der Waals surface area contributed by atoms with E-state index in [2.05, 4.69) is 24.1 Å². The average Bonchev–Trinajstić information content (AvgIpc) is 2.37. The molecule has 0 fully saturated rings. The highest BCUT2D eigenvalue weighted by atomic mass is 16.1. The van der Waals surface area contributed by atoms with Gasteiger partial charge in [0.2, 0.25) is 0 Å². The van der Waals surface area contributed by atoms with Crippen LogP contribution in [-0.2, 0) is 0 Å². The van der Waals surface area contributed by atoms with Crippen LogP contribution in [0, 0.1) is 0 Å². The van der Waals surface area contributed by atoms with Crippen molar-refractivity contribution in [2.24, 2.45) is 0 Å². The van der Waals surface area contributed by atoms with Gasteiger partial charge in [-0.15, -0.1) is 0 Å². The molecule has 1 heterocycles. The Labute approximate surface area is 98.3 Å². The number of nitrogens with one attached hydrogen (secondary N) is 1. The molecule has 1 aromatic rings. The van der Waals surface area contributed by atoms with Crippen molar-refractivity contribution < 1.29 is 4.79 Å². The first-order valence-corrected chi connectivity index (χ1v) is 5.80. The van der Waals surface area contributed by atoms with Gasteiger partial charge in [-0.25, -0.2) is 0 Å². The van der Waals surface area contributed by atoms with Crippen molar-refractivity contribution in [2.75, 3.05) is 7.05 Å². The number of rotatable bonds is 5. The van der Waals surface area contributed by atoms with E-state index >= 15 is 0 Å². The third-order valence-electron chi connectivity index (χ3n) is 2.36. The molecule has 1 aromatic heterocycles. The van der Waals surface area contributed by atoms with Gasteiger partial charge in [0.25, 0.3) is 0 Å². The molecule has 1 atom stereocenters. The van der Waals surface area contributed by atoms with Crippen LogP contribution >= 0.6 is 0 Å². The molecular weight excluding hydrogens is 200 g/mol. The Kier molecular flexibility index (Phi) is 9.52. The maximum atomic E-state index is 9.97. The fraction of sp³-hybridized carbons (Fsp3) is 0.538. The second kappa shape index (κ2) is 10.3. The number of carbonyl (C=O) groups is 1. The molecular formula is C13H22N2O. The van der Waals surface area contributed by atoms with Gasteiger partial charge in [0.1, 0.15) is 0 Å². The molecule has 16 heavy (non-hydrogen) atoms. The van der Waals surface area contributed by atoms with E-state index < -0.39 is 0 Å². The minimum absolute atomic E-state index is 0.618. The Morgan fingerprint density at radius 1 is 1.50 bits per heavy atom. The van der Waals surface area contributed by atoms with Gasteiger partial charge in [-0.05, 0) is 32.0 Å². The highest BCUT2D eigenvalue weighted by Crippen LogP contribution is 1.98. The normalized spacial score (nSPS) is 11.2. The summed E-state index contributed by atoms with van der Waals surface area (Å²) in [5, 5.41) is 3.25. The molecule has 0 bridgehead atoms. The molecule has 90 valence electrons. The molecule has 3 heteroatoms. The Morgan fingerprint density at radius 2 is 2.25 bits per heavy atom. The maximum Gasteiger partial charge on any atom is 0.151 e. The van der Waals surface area contributed by atoms with Gasteiger partial charge >= 0.3 is 0 Å². The topological polar surface area (TPSA) is 42.0 Å². The van der Waals surface area contributed by atoms with E-state index in [0.717, 1.165) is 12.3 Å². The van der Waals surface area contributed by atoms with Crippen LogP contribution in [0.5, 0.6) is 0 Å². The number of aromatic nitrogens is 1. The lowest BCUT2D eigenvalue weighted by Gasteiger charge is -2.10. The van der Waals surface area contributed by atoms with Crippen molar-refractivity contribution in [2.45, 2.75) is 39.2 Å². The van der Waals surface area contributed by atoms with E-state index in [1.54, 1.807) is 18.3 Å². The standard InChI is InChI=1S/C7H17N.C6H5NO/c1-4-6-7(5-2)8-3;8-5-6-2-1-3-7-4-6/h7-8H,4-6H2,1-3H3;1-5H. The molecule has 1 N–H and O–H groups in total. The van der Waals surface area contributed by atoms with Crippen LogP contribution in [0.1, 0.15) is 43.5 Å². The lowest BCUT2D eigenvalue weighted by molar-refractivity contribution is 0.112. The van der Waals surface area contributed by atoms with Crippen LogP contribution in [0.15, 0.2) is 24.5 Å². The summed E-state index contributed by atoms with van der Waals surface area (Å²) in [5.74, 6) is 0. The molecule has 0 aliphatic rings. The first-order chi connectivity index (χ1) is 7.78. The SMILES string of the molecule is CCCC(CC)NC.O=Cc1cccnc1. The van der Waals surface area contributed by atoms with Crippen LogP contribution in [0.2, 0.25) is 0 Å². The van der Waals surface area contributed by atoms with Gasteiger partial charge in [0.15, 0.2) is 6.29 Å². The zero-order chi connectivity index (χ0) is 12.2.